The molecule has 2 nitrogen and oxygen atoms in total. The van der Waals surface area contributed by atoms with Crippen molar-refractivity contribution in [3.63, 3.8) is 0 Å². The summed E-state index contributed by atoms with van der Waals surface area (Å²) in [6.45, 7) is 4.64. The van der Waals surface area contributed by atoms with Crippen molar-refractivity contribution >= 4 is 0 Å². The maximum Gasteiger partial charge on any atom is 0.0926 e. The van der Waals surface area contributed by atoms with E-state index in [1.165, 1.54) is 12.8 Å². The molecule has 13 heavy (non-hydrogen) atoms. The first-order valence-electron chi connectivity index (χ1n) is 5.52. The highest BCUT2D eigenvalue weighted by molar-refractivity contribution is 5.16. The lowest BCUT2D eigenvalue weighted by atomic mass is 9.70. The summed E-state index contributed by atoms with van der Waals surface area (Å²) in [4.78, 5) is 0. The third-order valence-electron chi connectivity index (χ3n) is 4.77. The Balaban J connectivity index is 1.69. The maximum absolute atomic E-state index is 5.83. The fourth-order valence-corrected chi connectivity index (χ4v) is 4.16. The molecule has 0 N–H and O–H groups in total. The second kappa shape index (κ2) is 1.82. The first kappa shape index (κ1) is 7.24. The summed E-state index contributed by atoms with van der Waals surface area (Å²) in [6, 6.07) is 0. The van der Waals surface area contributed by atoms with Gasteiger partial charge in [-0.25, -0.2) is 0 Å². The van der Waals surface area contributed by atoms with Gasteiger partial charge in [-0.3, -0.25) is 0 Å². The van der Waals surface area contributed by atoms with Crippen LogP contribution >= 0.6 is 0 Å². The molecule has 7 atom stereocenters. The average molecular weight is 180 g/mol. The van der Waals surface area contributed by atoms with Crippen LogP contribution in [0.3, 0.4) is 0 Å². The van der Waals surface area contributed by atoms with Crippen molar-refractivity contribution in [1.29, 1.82) is 0 Å². The van der Waals surface area contributed by atoms with E-state index >= 15 is 0 Å². The van der Waals surface area contributed by atoms with Crippen molar-refractivity contribution in [2.45, 2.75) is 50.6 Å². The Morgan fingerprint density at radius 1 is 1.38 bits per heavy atom. The number of hydrogen-bond acceptors (Lipinski definition) is 2. The van der Waals surface area contributed by atoms with E-state index in [1.807, 2.05) is 0 Å². The quantitative estimate of drug-likeness (QED) is 0.529. The van der Waals surface area contributed by atoms with E-state index in [4.69, 9.17) is 9.47 Å². The lowest BCUT2D eigenvalue weighted by molar-refractivity contribution is 0.114. The zero-order valence-electron chi connectivity index (χ0n) is 8.19. The summed E-state index contributed by atoms with van der Waals surface area (Å²) in [5, 5.41) is 0. The van der Waals surface area contributed by atoms with Gasteiger partial charge in [-0.15, -0.1) is 0 Å². The first-order chi connectivity index (χ1) is 6.19. The highest BCUT2D eigenvalue weighted by Crippen LogP contribution is 2.63. The van der Waals surface area contributed by atoms with Crippen LogP contribution in [0.2, 0.25) is 0 Å². The van der Waals surface area contributed by atoms with Crippen molar-refractivity contribution in [3.8, 4) is 0 Å². The van der Waals surface area contributed by atoms with Gasteiger partial charge >= 0.3 is 0 Å². The fourth-order valence-electron chi connectivity index (χ4n) is 4.16. The maximum atomic E-state index is 5.83. The van der Waals surface area contributed by atoms with Gasteiger partial charge in [0.2, 0.25) is 0 Å². The van der Waals surface area contributed by atoms with Gasteiger partial charge in [0.1, 0.15) is 0 Å². The Hall–Kier alpha value is -0.0800. The predicted molar refractivity (Wildman–Crippen MR) is 47.3 cm³/mol. The van der Waals surface area contributed by atoms with Gasteiger partial charge in [0.15, 0.2) is 0 Å². The molecule has 72 valence electrons. The van der Waals surface area contributed by atoms with Gasteiger partial charge in [0.05, 0.1) is 23.9 Å². The predicted octanol–water partition coefficient (Wildman–Crippen LogP) is 1.59. The van der Waals surface area contributed by atoms with E-state index in [0.717, 1.165) is 17.8 Å². The summed E-state index contributed by atoms with van der Waals surface area (Å²) >= 11 is 0. The lowest BCUT2D eigenvalue weighted by Gasteiger charge is -2.32. The third kappa shape index (κ3) is 0.736. The summed E-state index contributed by atoms with van der Waals surface area (Å²) in [7, 11) is 0. The molecule has 0 spiro atoms. The van der Waals surface area contributed by atoms with Crippen molar-refractivity contribution in [1.82, 2.24) is 0 Å². The molecule has 0 bridgehead atoms. The number of epoxide rings is 2. The van der Waals surface area contributed by atoms with Crippen LogP contribution in [0.15, 0.2) is 0 Å². The van der Waals surface area contributed by atoms with Crippen molar-refractivity contribution in [3.05, 3.63) is 0 Å². The zero-order chi connectivity index (χ0) is 8.79. The van der Waals surface area contributed by atoms with Crippen molar-refractivity contribution in [2.24, 2.45) is 17.8 Å². The van der Waals surface area contributed by atoms with Gasteiger partial charge in [0, 0.05) is 0 Å². The van der Waals surface area contributed by atoms with Gasteiger partial charge < -0.3 is 9.47 Å². The van der Waals surface area contributed by atoms with Crippen LogP contribution in [0.5, 0.6) is 0 Å². The highest BCUT2D eigenvalue weighted by atomic mass is 16.6. The molecule has 0 aromatic heterocycles. The Kier molecular flexibility index (Phi) is 1.02. The molecule has 0 radical (unpaired) electrons. The number of ether oxygens (including phenoxy) is 2. The molecule has 0 aromatic rings. The van der Waals surface area contributed by atoms with E-state index in [9.17, 15) is 0 Å². The van der Waals surface area contributed by atoms with Crippen LogP contribution in [-0.4, -0.2) is 23.9 Å². The molecular weight excluding hydrogens is 164 g/mol. The molecular formula is C11H16O2. The van der Waals surface area contributed by atoms with Crippen LogP contribution in [0.4, 0.5) is 0 Å². The summed E-state index contributed by atoms with van der Waals surface area (Å²) in [6.07, 6.45) is 4.41. The second-order valence-electron chi connectivity index (χ2n) is 5.63. The molecule has 0 aromatic carbocycles. The summed E-state index contributed by atoms with van der Waals surface area (Å²) in [5.74, 6) is 2.47. The summed E-state index contributed by atoms with van der Waals surface area (Å²) in [5.41, 5.74) is 0.261. The van der Waals surface area contributed by atoms with E-state index in [2.05, 4.69) is 13.8 Å². The highest BCUT2D eigenvalue weighted by Gasteiger charge is 2.69. The smallest absolute Gasteiger partial charge is 0.0926 e. The minimum Gasteiger partial charge on any atom is -0.369 e. The largest absolute Gasteiger partial charge is 0.369 e. The Morgan fingerprint density at radius 3 is 3.08 bits per heavy atom. The van der Waals surface area contributed by atoms with Crippen LogP contribution in [0.1, 0.15) is 26.7 Å². The van der Waals surface area contributed by atoms with E-state index in [-0.39, 0.29) is 5.60 Å². The molecule has 2 heterocycles. The molecule has 4 fully saturated rings. The monoisotopic (exact) mass is 180 g/mol. The van der Waals surface area contributed by atoms with Gasteiger partial charge in [-0.2, -0.15) is 0 Å². The topological polar surface area (TPSA) is 25.1 Å². The fraction of sp³-hybridized carbons (Fsp3) is 1.00. The van der Waals surface area contributed by atoms with Crippen LogP contribution in [-0.2, 0) is 9.47 Å². The van der Waals surface area contributed by atoms with Crippen LogP contribution < -0.4 is 0 Å². The van der Waals surface area contributed by atoms with Crippen LogP contribution in [0.25, 0.3) is 0 Å². The molecule has 0 amide bonds. The van der Waals surface area contributed by atoms with E-state index in [1.54, 1.807) is 0 Å². The van der Waals surface area contributed by atoms with Crippen LogP contribution in [0, 0.1) is 17.8 Å². The molecule has 2 saturated carbocycles. The minimum atomic E-state index is 0.261. The summed E-state index contributed by atoms with van der Waals surface area (Å²) < 4.78 is 11.5. The third-order valence-corrected chi connectivity index (χ3v) is 4.77. The number of hydrogen-bond donors (Lipinski definition) is 0. The van der Waals surface area contributed by atoms with Gasteiger partial charge in [0.25, 0.3) is 0 Å². The number of rotatable bonds is 0. The Bertz CT molecular complexity index is 275. The Labute approximate surface area is 78.6 Å². The zero-order valence-corrected chi connectivity index (χ0v) is 8.19. The second-order valence-corrected chi connectivity index (χ2v) is 5.63. The lowest BCUT2D eigenvalue weighted by Crippen LogP contribution is -2.36. The molecule has 2 aliphatic carbocycles. The van der Waals surface area contributed by atoms with E-state index in [0.29, 0.717) is 18.3 Å². The SMILES string of the molecule is CC1C2C(CC3OC32)CC2(C)OC12. The normalized spacial score (nSPS) is 72.5. The van der Waals surface area contributed by atoms with Crippen molar-refractivity contribution in [2.75, 3.05) is 0 Å². The Morgan fingerprint density at radius 2 is 2.23 bits per heavy atom. The van der Waals surface area contributed by atoms with E-state index < -0.39 is 0 Å². The number of fused-ring (bicyclic) bond motifs is 4. The van der Waals surface area contributed by atoms with Gasteiger partial charge in [-0.05, 0) is 37.5 Å². The first-order valence-corrected chi connectivity index (χ1v) is 5.52. The minimum absolute atomic E-state index is 0.261. The van der Waals surface area contributed by atoms with Crippen molar-refractivity contribution < 1.29 is 9.47 Å². The standard InChI is InChI=1S/C11H16O2/c1-5-8-6(3-7-9(8)12-7)4-11(2)10(5)13-11/h5-10H,3-4H2,1-2H3. The molecule has 2 saturated heterocycles. The molecule has 4 rings (SSSR count). The molecule has 2 heteroatoms. The average Bonchev–Trinajstić information content (AvgIpc) is 2.90. The molecule has 7 unspecified atom stereocenters. The molecule has 2 aliphatic heterocycles. The molecule has 4 aliphatic rings. The van der Waals surface area contributed by atoms with Gasteiger partial charge in [-0.1, -0.05) is 6.92 Å².